The number of benzene rings is 1. The smallest absolute Gasteiger partial charge is 0.226 e. The largest absolute Gasteiger partial charge is 0.378 e. The lowest BCUT2D eigenvalue weighted by molar-refractivity contribution is 0.122. The summed E-state index contributed by atoms with van der Waals surface area (Å²) in [6.07, 6.45) is 9.36. The highest BCUT2D eigenvalue weighted by Crippen LogP contribution is 2.23. The molecule has 11 heteroatoms. The molecular weight excluding hydrogens is 528 g/mol. The molecule has 3 saturated heterocycles. The van der Waals surface area contributed by atoms with Crippen molar-refractivity contribution in [1.82, 2.24) is 34.8 Å². The predicted octanol–water partition coefficient (Wildman–Crippen LogP) is 3.47. The summed E-state index contributed by atoms with van der Waals surface area (Å²) in [5.41, 5.74) is 2.27. The van der Waals surface area contributed by atoms with E-state index in [0.29, 0.717) is 18.5 Å². The van der Waals surface area contributed by atoms with E-state index in [1.54, 1.807) is 0 Å². The Hall–Kier alpha value is -3.28. The molecule has 6 rings (SSSR count). The first-order valence-corrected chi connectivity index (χ1v) is 15.9. The van der Waals surface area contributed by atoms with Crippen molar-refractivity contribution in [3.8, 4) is 0 Å². The van der Waals surface area contributed by atoms with Crippen molar-refractivity contribution in [3.63, 3.8) is 0 Å². The Kier molecular flexibility index (Phi) is 10.1. The molecule has 2 N–H and O–H groups in total. The minimum absolute atomic E-state index is 0.391. The second kappa shape index (κ2) is 14.8. The highest BCUT2D eigenvalue weighted by Gasteiger charge is 2.21. The number of rotatable bonds is 12. The van der Waals surface area contributed by atoms with Gasteiger partial charge in [-0.1, -0.05) is 42.0 Å². The van der Waals surface area contributed by atoms with Crippen LogP contribution in [0.25, 0.3) is 0 Å². The number of aromatic nitrogens is 5. The molecule has 3 aliphatic rings. The molecule has 11 nitrogen and oxygen atoms in total. The lowest BCUT2D eigenvalue weighted by atomic mass is 10.0. The van der Waals surface area contributed by atoms with Crippen LogP contribution >= 0.6 is 0 Å². The molecule has 0 atom stereocenters. The van der Waals surface area contributed by atoms with E-state index in [4.69, 9.17) is 14.7 Å². The van der Waals surface area contributed by atoms with Gasteiger partial charge in [-0.05, 0) is 57.3 Å². The van der Waals surface area contributed by atoms with E-state index in [-0.39, 0.29) is 0 Å². The monoisotopic (exact) mass is 574 g/mol. The standard InChI is InChI=1S/C31H46N10O/c1-3-8-26(9-4-1)24-39-16-10-27(11-17-39)33-29-22-30(40-18-20-42-21-19-40)35-31(34-29)32-23-28-25-41(37-36-28)15-7-14-38-12-5-2-6-13-38/h1,3-4,8-9,22,25,27H,2,5-7,10-21,23-24H2,(H2,32,33,34,35). The van der Waals surface area contributed by atoms with Crippen molar-refractivity contribution in [1.29, 1.82) is 0 Å². The first-order chi connectivity index (χ1) is 20.8. The number of nitrogens with one attached hydrogen (secondary N) is 2. The molecule has 0 aliphatic carbocycles. The third-order valence-corrected chi connectivity index (χ3v) is 8.56. The van der Waals surface area contributed by atoms with Crippen molar-refractivity contribution < 1.29 is 4.74 Å². The summed E-state index contributed by atoms with van der Waals surface area (Å²) >= 11 is 0. The molecule has 0 amide bonds. The SMILES string of the molecule is c1ccc(CN2CCC(Nc3cc(N4CCOCC4)nc(NCc4cn(CCCN5CCCCC5)nn4)n3)CC2)cc1. The lowest BCUT2D eigenvalue weighted by Gasteiger charge is -2.33. The molecule has 1 aromatic carbocycles. The zero-order chi connectivity index (χ0) is 28.4. The van der Waals surface area contributed by atoms with Gasteiger partial charge in [0.2, 0.25) is 5.95 Å². The number of hydrogen-bond acceptors (Lipinski definition) is 10. The average Bonchev–Trinajstić information content (AvgIpc) is 3.50. The number of hydrogen-bond donors (Lipinski definition) is 2. The van der Waals surface area contributed by atoms with Crippen LogP contribution in [0, 0.1) is 0 Å². The molecular formula is C31H46N10O. The number of morpholine rings is 1. The summed E-state index contributed by atoms with van der Waals surface area (Å²) in [6.45, 7) is 11.3. The number of ether oxygens (including phenoxy) is 1. The van der Waals surface area contributed by atoms with Crippen LogP contribution in [0.3, 0.4) is 0 Å². The quantitative estimate of drug-likeness (QED) is 0.335. The molecule has 0 bridgehead atoms. The van der Waals surface area contributed by atoms with E-state index in [1.807, 2.05) is 10.9 Å². The minimum atomic E-state index is 0.391. The number of aryl methyl sites for hydroxylation is 1. The molecule has 226 valence electrons. The predicted molar refractivity (Wildman–Crippen MR) is 166 cm³/mol. The highest BCUT2D eigenvalue weighted by molar-refractivity contribution is 5.54. The molecule has 42 heavy (non-hydrogen) atoms. The van der Waals surface area contributed by atoms with E-state index in [9.17, 15) is 0 Å². The molecule has 0 radical (unpaired) electrons. The summed E-state index contributed by atoms with van der Waals surface area (Å²) in [4.78, 5) is 17.1. The van der Waals surface area contributed by atoms with Crippen LogP contribution in [-0.4, -0.2) is 99.8 Å². The first kappa shape index (κ1) is 28.8. The second-order valence-corrected chi connectivity index (χ2v) is 11.8. The van der Waals surface area contributed by atoms with E-state index in [0.717, 1.165) is 95.6 Å². The third kappa shape index (κ3) is 8.39. The zero-order valence-corrected chi connectivity index (χ0v) is 24.8. The molecule has 3 aromatic rings. The first-order valence-electron chi connectivity index (χ1n) is 15.9. The number of likely N-dealkylation sites (tertiary alicyclic amines) is 2. The van der Waals surface area contributed by atoms with Crippen molar-refractivity contribution in [2.45, 2.75) is 64.2 Å². The zero-order valence-electron chi connectivity index (χ0n) is 24.8. The van der Waals surface area contributed by atoms with Gasteiger partial charge in [0.1, 0.15) is 17.3 Å². The topological polar surface area (TPSA) is 99.5 Å². The minimum Gasteiger partial charge on any atom is -0.378 e. The van der Waals surface area contributed by atoms with Gasteiger partial charge in [-0.25, -0.2) is 0 Å². The Morgan fingerprint density at radius 1 is 0.857 bits per heavy atom. The maximum absolute atomic E-state index is 5.58. The summed E-state index contributed by atoms with van der Waals surface area (Å²) in [5.74, 6) is 2.42. The summed E-state index contributed by atoms with van der Waals surface area (Å²) < 4.78 is 7.55. The third-order valence-electron chi connectivity index (χ3n) is 8.56. The van der Waals surface area contributed by atoms with Gasteiger partial charge in [0.15, 0.2) is 0 Å². The van der Waals surface area contributed by atoms with Gasteiger partial charge in [0.25, 0.3) is 0 Å². The van der Waals surface area contributed by atoms with Crippen LogP contribution in [0.4, 0.5) is 17.6 Å². The lowest BCUT2D eigenvalue weighted by Crippen LogP contribution is -2.39. The fraction of sp³-hybridized carbons (Fsp3) is 0.613. The summed E-state index contributed by atoms with van der Waals surface area (Å²) in [6, 6.07) is 13.2. The Morgan fingerprint density at radius 2 is 1.67 bits per heavy atom. The molecule has 3 aliphatic heterocycles. The van der Waals surface area contributed by atoms with Crippen LogP contribution in [-0.2, 0) is 24.4 Å². The summed E-state index contributed by atoms with van der Waals surface area (Å²) in [7, 11) is 0. The van der Waals surface area contributed by atoms with Gasteiger partial charge in [-0.15, -0.1) is 5.10 Å². The van der Waals surface area contributed by atoms with Crippen molar-refractivity contribution in [2.75, 3.05) is 74.6 Å². The highest BCUT2D eigenvalue weighted by atomic mass is 16.5. The van der Waals surface area contributed by atoms with E-state index < -0.39 is 0 Å². The normalized spacial score (nSPS) is 19.2. The Balaban J connectivity index is 1.03. The van der Waals surface area contributed by atoms with Crippen molar-refractivity contribution >= 4 is 17.6 Å². The Labute approximate surface area is 249 Å². The maximum atomic E-state index is 5.58. The maximum Gasteiger partial charge on any atom is 0.226 e. The van der Waals surface area contributed by atoms with Gasteiger partial charge < -0.3 is 25.2 Å². The molecule has 0 saturated carbocycles. The number of anilines is 3. The number of nitrogens with zero attached hydrogens (tertiary/aromatic N) is 8. The van der Waals surface area contributed by atoms with Crippen molar-refractivity contribution in [2.24, 2.45) is 0 Å². The molecule has 5 heterocycles. The average molecular weight is 575 g/mol. The van der Waals surface area contributed by atoms with Gasteiger partial charge in [0, 0.05) is 51.4 Å². The Bertz CT molecular complexity index is 1220. The second-order valence-electron chi connectivity index (χ2n) is 11.8. The van der Waals surface area contributed by atoms with Crippen LogP contribution < -0.4 is 15.5 Å². The molecule has 2 aromatic heterocycles. The molecule has 0 spiro atoms. The van der Waals surface area contributed by atoms with Crippen molar-refractivity contribution in [3.05, 3.63) is 53.9 Å². The summed E-state index contributed by atoms with van der Waals surface area (Å²) in [5, 5.41) is 15.9. The fourth-order valence-electron chi connectivity index (χ4n) is 6.17. The van der Waals surface area contributed by atoms with E-state index in [2.05, 4.69) is 72.0 Å². The Morgan fingerprint density at radius 3 is 2.48 bits per heavy atom. The fourth-order valence-corrected chi connectivity index (χ4v) is 6.17. The van der Waals surface area contributed by atoms with Crippen LogP contribution in [0.5, 0.6) is 0 Å². The van der Waals surface area contributed by atoms with Crippen LogP contribution in [0.1, 0.15) is 49.8 Å². The van der Waals surface area contributed by atoms with Gasteiger partial charge >= 0.3 is 0 Å². The van der Waals surface area contributed by atoms with E-state index in [1.165, 1.54) is 37.9 Å². The van der Waals surface area contributed by atoms with Gasteiger partial charge in [0.05, 0.1) is 26.0 Å². The molecule has 3 fully saturated rings. The van der Waals surface area contributed by atoms with E-state index >= 15 is 0 Å². The van der Waals surface area contributed by atoms with Crippen LogP contribution in [0.2, 0.25) is 0 Å². The van der Waals surface area contributed by atoms with Crippen LogP contribution in [0.15, 0.2) is 42.6 Å². The van der Waals surface area contributed by atoms with Gasteiger partial charge in [-0.2, -0.15) is 9.97 Å². The molecule has 0 unspecified atom stereocenters. The number of piperidine rings is 2. The van der Waals surface area contributed by atoms with Gasteiger partial charge in [-0.3, -0.25) is 9.58 Å².